The fourth-order valence-corrected chi connectivity index (χ4v) is 1.52. The van der Waals surface area contributed by atoms with Gasteiger partial charge in [0.15, 0.2) is 0 Å². The van der Waals surface area contributed by atoms with Crippen molar-refractivity contribution in [1.29, 1.82) is 0 Å². The van der Waals surface area contributed by atoms with Gasteiger partial charge < -0.3 is 0 Å². The Morgan fingerprint density at radius 2 is 1.53 bits per heavy atom. The Morgan fingerprint density at radius 1 is 0.824 bits per heavy atom. The number of hydrogen-bond acceptors (Lipinski definition) is 0. The van der Waals surface area contributed by atoms with E-state index in [0.717, 1.165) is 0 Å². The third-order valence-corrected chi connectivity index (χ3v) is 2.50. The molecule has 0 aliphatic carbocycles. The third kappa shape index (κ3) is 3.76. The van der Waals surface area contributed by atoms with Crippen molar-refractivity contribution >= 4 is 12.2 Å². The van der Waals surface area contributed by atoms with Crippen molar-refractivity contribution in [2.45, 2.75) is 6.92 Å². The monoisotopic (exact) mass is 219 g/mol. The molecule has 0 spiro atoms. The first-order valence-electron chi connectivity index (χ1n) is 5.72. The molecule has 0 heteroatoms. The predicted molar refractivity (Wildman–Crippen MR) is 74.4 cm³/mol. The molecule has 0 bridgehead atoms. The van der Waals surface area contributed by atoms with Crippen molar-refractivity contribution in [3.63, 3.8) is 0 Å². The minimum Gasteiger partial charge on any atom is -0.0622 e. The van der Waals surface area contributed by atoms with E-state index in [1.807, 2.05) is 36.4 Å². The highest BCUT2D eigenvalue weighted by Crippen LogP contribution is 2.05. The van der Waals surface area contributed by atoms with E-state index in [9.17, 15) is 0 Å². The number of benzene rings is 2. The second-order valence-electron chi connectivity index (χ2n) is 3.97. The second kappa shape index (κ2) is 5.86. The molecule has 83 valence electrons. The molecule has 2 aromatic rings. The summed E-state index contributed by atoms with van der Waals surface area (Å²) in [5, 5.41) is 0. The van der Waals surface area contributed by atoms with Gasteiger partial charge in [0.2, 0.25) is 0 Å². The lowest BCUT2D eigenvalue weighted by molar-refractivity contribution is 1.46. The number of allylic oxidation sites excluding steroid dienone is 2. The highest BCUT2D eigenvalue weighted by Gasteiger charge is 1.85. The second-order valence-corrected chi connectivity index (χ2v) is 3.97. The van der Waals surface area contributed by atoms with Crippen LogP contribution >= 0.6 is 0 Å². The molecule has 2 aromatic carbocycles. The first kappa shape index (κ1) is 11.4. The van der Waals surface area contributed by atoms with Crippen molar-refractivity contribution in [2.24, 2.45) is 0 Å². The van der Waals surface area contributed by atoms with Gasteiger partial charge >= 0.3 is 0 Å². The molecule has 0 aliphatic rings. The summed E-state index contributed by atoms with van der Waals surface area (Å²) in [7, 11) is 0. The summed E-state index contributed by atoms with van der Waals surface area (Å²) in [6.45, 7) is 2.09. The maximum atomic E-state index is 3.16. The average Bonchev–Trinajstić information content (AvgIpc) is 2.38. The molecule has 2 rings (SSSR count). The number of rotatable bonds is 3. The van der Waals surface area contributed by atoms with Crippen molar-refractivity contribution in [2.75, 3.05) is 0 Å². The van der Waals surface area contributed by atoms with E-state index >= 15 is 0 Å². The molecule has 1 radical (unpaired) electrons. The van der Waals surface area contributed by atoms with E-state index < -0.39 is 0 Å². The largest absolute Gasteiger partial charge is 0.0622 e. The fraction of sp³-hybridized carbons (Fsp3) is 0.0588. The van der Waals surface area contributed by atoms with Crippen LogP contribution < -0.4 is 0 Å². The Morgan fingerprint density at radius 3 is 2.24 bits per heavy atom. The molecular formula is C17H15. The maximum Gasteiger partial charge on any atom is -0.0178 e. The first-order chi connectivity index (χ1) is 8.34. The summed E-state index contributed by atoms with van der Waals surface area (Å²) in [6.07, 6.45) is 9.14. The normalized spacial score (nSPS) is 11.4. The molecule has 17 heavy (non-hydrogen) atoms. The Balaban J connectivity index is 1.98. The first-order valence-corrected chi connectivity index (χ1v) is 5.72. The molecule has 0 N–H and O–H groups in total. The van der Waals surface area contributed by atoms with Gasteiger partial charge in [0, 0.05) is 0 Å². The summed E-state index contributed by atoms with van der Waals surface area (Å²) in [4.78, 5) is 0. The minimum atomic E-state index is 1.17. The Labute approximate surface area is 103 Å². The van der Waals surface area contributed by atoms with Crippen LogP contribution in [0.2, 0.25) is 0 Å². The number of aryl methyl sites for hydroxylation is 1. The summed E-state index contributed by atoms with van der Waals surface area (Å²) in [5.41, 5.74) is 3.65. The van der Waals surface area contributed by atoms with E-state index in [1.54, 1.807) is 0 Å². The maximum absolute atomic E-state index is 3.16. The van der Waals surface area contributed by atoms with Crippen LogP contribution in [0, 0.1) is 13.0 Å². The lowest BCUT2D eigenvalue weighted by Crippen LogP contribution is -1.73. The SMILES string of the molecule is Cc1ccc(C=[C]C=Cc2ccccc2)cc1. The molecule has 0 aliphatic heterocycles. The van der Waals surface area contributed by atoms with E-state index in [4.69, 9.17) is 0 Å². The molecule has 0 heterocycles. The van der Waals surface area contributed by atoms with Crippen LogP contribution in [0.25, 0.3) is 12.2 Å². The van der Waals surface area contributed by atoms with Gasteiger partial charge in [0.25, 0.3) is 0 Å². The van der Waals surface area contributed by atoms with Gasteiger partial charge in [-0.25, -0.2) is 0 Å². The standard InChI is InChI=1S/C17H15/c1-15-11-13-17(14-12-15)10-6-5-9-16-7-3-2-4-8-16/h2-5,7-14H,1H3. The fourth-order valence-electron chi connectivity index (χ4n) is 1.52. The molecule has 0 unspecified atom stereocenters. The zero-order valence-electron chi connectivity index (χ0n) is 9.93. The topological polar surface area (TPSA) is 0 Å². The van der Waals surface area contributed by atoms with Crippen molar-refractivity contribution in [3.8, 4) is 0 Å². The average molecular weight is 219 g/mol. The molecule has 0 atom stereocenters. The van der Waals surface area contributed by atoms with Crippen molar-refractivity contribution in [3.05, 3.63) is 83.4 Å². The Kier molecular flexibility index (Phi) is 3.93. The van der Waals surface area contributed by atoms with Gasteiger partial charge in [-0.05, 0) is 30.2 Å². The molecule has 0 amide bonds. The molecular weight excluding hydrogens is 204 g/mol. The quantitative estimate of drug-likeness (QED) is 0.665. The third-order valence-electron chi connectivity index (χ3n) is 2.50. The van der Waals surface area contributed by atoms with Gasteiger partial charge in [-0.2, -0.15) is 0 Å². The lowest BCUT2D eigenvalue weighted by atomic mass is 10.1. The Hall–Kier alpha value is -2.08. The van der Waals surface area contributed by atoms with Gasteiger partial charge in [-0.1, -0.05) is 72.3 Å². The number of hydrogen-bond donors (Lipinski definition) is 0. The highest BCUT2D eigenvalue weighted by atomic mass is 13.9. The molecule has 0 saturated carbocycles. The Bertz CT molecular complexity index is 501. The van der Waals surface area contributed by atoms with Gasteiger partial charge in [-0.3, -0.25) is 0 Å². The smallest absolute Gasteiger partial charge is 0.0178 e. The summed E-state index contributed by atoms with van der Waals surface area (Å²) < 4.78 is 0. The summed E-state index contributed by atoms with van der Waals surface area (Å²) in [6, 6.07) is 18.6. The van der Waals surface area contributed by atoms with Crippen LogP contribution in [0.3, 0.4) is 0 Å². The van der Waals surface area contributed by atoms with E-state index in [0.29, 0.717) is 0 Å². The van der Waals surface area contributed by atoms with Crippen LogP contribution in [0.1, 0.15) is 16.7 Å². The van der Waals surface area contributed by atoms with Gasteiger partial charge in [-0.15, -0.1) is 0 Å². The van der Waals surface area contributed by atoms with Crippen molar-refractivity contribution in [1.82, 2.24) is 0 Å². The van der Waals surface area contributed by atoms with Crippen LogP contribution in [0.15, 0.2) is 60.7 Å². The summed E-state index contributed by atoms with van der Waals surface area (Å²) in [5.74, 6) is 0. The predicted octanol–water partition coefficient (Wildman–Crippen LogP) is 4.52. The van der Waals surface area contributed by atoms with Crippen molar-refractivity contribution < 1.29 is 0 Å². The zero-order valence-corrected chi connectivity index (χ0v) is 9.93. The van der Waals surface area contributed by atoms with Gasteiger partial charge in [0.1, 0.15) is 0 Å². The molecule has 0 aromatic heterocycles. The highest BCUT2D eigenvalue weighted by molar-refractivity contribution is 5.54. The zero-order chi connectivity index (χ0) is 11.9. The summed E-state index contributed by atoms with van der Waals surface area (Å²) >= 11 is 0. The van der Waals surface area contributed by atoms with Gasteiger partial charge in [0.05, 0.1) is 0 Å². The van der Waals surface area contributed by atoms with Crippen LogP contribution in [-0.2, 0) is 0 Å². The van der Waals surface area contributed by atoms with Crippen LogP contribution in [0.5, 0.6) is 0 Å². The van der Waals surface area contributed by atoms with E-state index in [-0.39, 0.29) is 0 Å². The molecule has 0 nitrogen and oxygen atoms in total. The molecule has 0 fully saturated rings. The molecule has 0 saturated heterocycles. The van der Waals surface area contributed by atoms with Crippen LogP contribution in [-0.4, -0.2) is 0 Å². The lowest BCUT2D eigenvalue weighted by Gasteiger charge is -1.93. The van der Waals surface area contributed by atoms with Crippen LogP contribution in [0.4, 0.5) is 0 Å². The minimum absolute atomic E-state index is 1.17. The van der Waals surface area contributed by atoms with E-state index in [1.165, 1.54) is 16.7 Å². The van der Waals surface area contributed by atoms with E-state index in [2.05, 4.69) is 49.4 Å².